The molecule has 1 aliphatic heterocycles. The van der Waals surface area contributed by atoms with E-state index in [2.05, 4.69) is 5.92 Å². The molecule has 1 atom stereocenters. The van der Waals surface area contributed by atoms with Gasteiger partial charge in [0.05, 0.1) is 13.2 Å². The largest absolute Gasteiger partial charge is 0.392 e. The van der Waals surface area contributed by atoms with Crippen LogP contribution in [0, 0.1) is 12.3 Å². The van der Waals surface area contributed by atoms with Gasteiger partial charge in [-0.05, 0) is 41.3 Å². The van der Waals surface area contributed by atoms with Crippen LogP contribution >= 0.6 is 11.8 Å². The standard InChI is InChI=1S/C15H13NO3S/c1-2-5-16-13(18)15(20-14(16)19)7-11-4-3-10(9-17)6-12(11)8-15/h1,3-4,6,17H,5,7-9H2. The first-order valence-electron chi connectivity index (χ1n) is 6.29. The molecule has 1 aromatic carbocycles. The molecule has 0 aromatic heterocycles. The SMILES string of the molecule is C#CCN1C(=O)SC2(Cc3ccc(CO)cc3C2)C1=O. The van der Waals surface area contributed by atoms with Crippen LogP contribution in [-0.2, 0) is 24.2 Å². The Morgan fingerprint density at radius 3 is 2.80 bits per heavy atom. The highest BCUT2D eigenvalue weighted by atomic mass is 32.2. The monoisotopic (exact) mass is 287 g/mol. The summed E-state index contributed by atoms with van der Waals surface area (Å²) in [6.45, 7) is 0.00811. The van der Waals surface area contributed by atoms with Crippen molar-refractivity contribution in [3.63, 3.8) is 0 Å². The van der Waals surface area contributed by atoms with Gasteiger partial charge in [0.15, 0.2) is 0 Å². The molecule has 1 N–H and O–H groups in total. The zero-order valence-electron chi connectivity index (χ0n) is 10.8. The summed E-state index contributed by atoms with van der Waals surface area (Å²) in [6.07, 6.45) is 6.28. The number of thioether (sulfide) groups is 1. The molecule has 2 aliphatic rings. The molecule has 1 saturated heterocycles. The van der Waals surface area contributed by atoms with E-state index in [4.69, 9.17) is 6.42 Å². The summed E-state index contributed by atoms with van der Waals surface area (Å²) < 4.78 is -0.732. The predicted octanol–water partition coefficient (Wildman–Crippen LogP) is 1.34. The third kappa shape index (κ3) is 1.84. The van der Waals surface area contributed by atoms with Crippen LogP contribution in [0.1, 0.15) is 16.7 Å². The molecule has 4 nitrogen and oxygen atoms in total. The van der Waals surface area contributed by atoms with Gasteiger partial charge in [0.1, 0.15) is 4.75 Å². The Kier molecular flexibility index (Phi) is 3.08. The Labute approximate surface area is 121 Å². The minimum atomic E-state index is -0.732. The number of aliphatic hydroxyl groups excluding tert-OH is 1. The van der Waals surface area contributed by atoms with Gasteiger partial charge in [0.25, 0.3) is 5.24 Å². The van der Waals surface area contributed by atoms with Crippen molar-refractivity contribution in [1.82, 2.24) is 4.90 Å². The number of nitrogens with zero attached hydrogens (tertiary/aromatic N) is 1. The van der Waals surface area contributed by atoms with Gasteiger partial charge in [0.2, 0.25) is 5.91 Å². The number of imide groups is 1. The molecule has 0 radical (unpaired) electrons. The number of rotatable bonds is 2. The van der Waals surface area contributed by atoms with Crippen LogP contribution in [0.25, 0.3) is 0 Å². The number of fused-ring (bicyclic) bond motifs is 1. The minimum absolute atomic E-state index is 0.0243. The summed E-state index contributed by atoms with van der Waals surface area (Å²) in [5, 5.41) is 8.91. The van der Waals surface area contributed by atoms with Crippen molar-refractivity contribution in [1.29, 1.82) is 0 Å². The van der Waals surface area contributed by atoms with Crippen LogP contribution in [0.5, 0.6) is 0 Å². The second kappa shape index (κ2) is 4.65. The fraction of sp³-hybridized carbons (Fsp3) is 0.333. The second-order valence-electron chi connectivity index (χ2n) is 5.07. The lowest BCUT2D eigenvalue weighted by Gasteiger charge is -2.18. The summed E-state index contributed by atoms with van der Waals surface area (Å²) in [6, 6.07) is 5.69. The van der Waals surface area contributed by atoms with E-state index in [-0.39, 0.29) is 24.3 Å². The number of terminal acetylenes is 1. The van der Waals surface area contributed by atoms with Crippen molar-refractivity contribution < 1.29 is 14.7 Å². The van der Waals surface area contributed by atoms with Gasteiger partial charge < -0.3 is 5.11 Å². The highest BCUT2D eigenvalue weighted by molar-refractivity contribution is 8.16. The third-order valence-corrected chi connectivity index (χ3v) is 5.04. The van der Waals surface area contributed by atoms with Gasteiger partial charge in [-0.2, -0.15) is 0 Å². The molecule has 1 heterocycles. The smallest absolute Gasteiger partial charge is 0.290 e. The number of hydrogen-bond acceptors (Lipinski definition) is 4. The molecule has 102 valence electrons. The van der Waals surface area contributed by atoms with E-state index in [0.717, 1.165) is 33.4 Å². The van der Waals surface area contributed by atoms with Crippen molar-refractivity contribution >= 4 is 22.9 Å². The average molecular weight is 287 g/mol. The van der Waals surface area contributed by atoms with Crippen molar-refractivity contribution in [2.24, 2.45) is 0 Å². The van der Waals surface area contributed by atoms with E-state index in [1.165, 1.54) is 0 Å². The van der Waals surface area contributed by atoms with Gasteiger partial charge in [-0.15, -0.1) is 6.42 Å². The van der Waals surface area contributed by atoms with Gasteiger partial charge in [0, 0.05) is 0 Å². The third-order valence-electron chi connectivity index (χ3n) is 3.79. The zero-order chi connectivity index (χ0) is 14.3. The summed E-state index contributed by atoms with van der Waals surface area (Å²) in [5.74, 6) is 2.17. The Hall–Kier alpha value is -1.77. The first kappa shape index (κ1) is 13.2. The molecule has 3 rings (SSSR count). The lowest BCUT2D eigenvalue weighted by atomic mass is 10.0. The van der Waals surface area contributed by atoms with Gasteiger partial charge >= 0.3 is 0 Å². The maximum Gasteiger partial charge on any atom is 0.290 e. The summed E-state index contributed by atoms with van der Waals surface area (Å²) in [4.78, 5) is 25.6. The minimum Gasteiger partial charge on any atom is -0.392 e. The van der Waals surface area contributed by atoms with E-state index in [9.17, 15) is 14.7 Å². The summed E-state index contributed by atoms with van der Waals surface area (Å²) in [7, 11) is 0. The van der Waals surface area contributed by atoms with Crippen LogP contribution in [0.4, 0.5) is 4.79 Å². The van der Waals surface area contributed by atoms with Crippen molar-refractivity contribution in [2.45, 2.75) is 24.2 Å². The van der Waals surface area contributed by atoms with Crippen LogP contribution in [0.3, 0.4) is 0 Å². The van der Waals surface area contributed by atoms with Crippen molar-refractivity contribution in [3.05, 3.63) is 34.9 Å². The molecule has 1 spiro atoms. The summed E-state index contributed by atoms with van der Waals surface area (Å²) >= 11 is 1.08. The van der Waals surface area contributed by atoms with Gasteiger partial charge in [-0.1, -0.05) is 24.1 Å². The normalized spacial score (nSPS) is 24.3. The quantitative estimate of drug-likeness (QED) is 0.834. The van der Waals surface area contributed by atoms with Crippen molar-refractivity contribution in [2.75, 3.05) is 6.54 Å². The highest BCUT2D eigenvalue weighted by Crippen LogP contribution is 2.47. The van der Waals surface area contributed by atoms with Crippen LogP contribution in [0.2, 0.25) is 0 Å². The van der Waals surface area contributed by atoms with Crippen LogP contribution in [-0.4, -0.2) is 32.4 Å². The number of carbonyl (C=O) groups excluding carboxylic acids is 2. The molecule has 1 fully saturated rings. The molecular weight excluding hydrogens is 274 g/mol. The Morgan fingerprint density at radius 1 is 1.35 bits per heavy atom. The van der Waals surface area contributed by atoms with E-state index >= 15 is 0 Å². The maximum atomic E-state index is 12.5. The Balaban J connectivity index is 1.93. The van der Waals surface area contributed by atoms with E-state index in [1.54, 1.807) is 0 Å². The number of carbonyl (C=O) groups is 2. The second-order valence-corrected chi connectivity index (χ2v) is 6.41. The molecule has 1 aromatic rings. The molecule has 2 amide bonds. The Bertz CT molecular complexity index is 649. The lowest BCUT2D eigenvalue weighted by Crippen LogP contribution is -2.40. The van der Waals surface area contributed by atoms with E-state index in [0.29, 0.717) is 12.8 Å². The highest BCUT2D eigenvalue weighted by Gasteiger charge is 2.55. The van der Waals surface area contributed by atoms with E-state index < -0.39 is 4.75 Å². The number of aliphatic hydroxyl groups is 1. The topological polar surface area (TPSA) is 57.6 Å². The first-order chi connectivity index (χ1) is 9.59. The molecule has 5 heteroatoms. The molecular formula is C15H13NO3S. The number of hydrogen-bond donors (Lipinski definition) is 1. The molecule has 0 bridgehead atoms. The van der Waals surface area contributed by atoms with Gasteiger partial charge in [-0.3, -0.25) is 14.5 Å². The van der Waals surface area contributed by atoms with Crippen molar-refractivity contribution in [3.8, 4) is 12.3 Å². The summed E-state index contributed by atoms with van der Waals surface area (Å²) in [5.41, 5.74) is 2.93. The fourth-order valence-corrected chi connectivity index (χ4v) is 4.08. The lowest BCUT2D eigenvalue weighted by molar-refractivity contribution is -0.128. The zero-order valence-corrected chi connectivity index (χ0v) is 11.6. The maximum absolute atomic E-state index is 12.5. The fourth-order valence-electron chi connectivity index (χ4n) is 2.84. The average Bonchev–Trinajstić information content (AvgIpc) is 2.90. The predicted molar refractivity (Wildman–Crippen MR) is 76.0 cm³/mol. The van der Waals surface area contributed by atoms with Crippen LogP contribution in [0.15, 0.2) is 18.2 Å². The molecule has 1 unspecified atom stereocenters. The van der Waals surface area contributed by atoms with E-state index in [1.807, 2.05) is 18.2 Å². The molecule has 0 saturated carbocycles. The number of amides is 2. The number of benzene rings is 1. The molecule has 20 heavy (non-hydrogen) atoms. The van der Waals surface area contributed by atoms with Gasteiger partial charge in [-0.25, -0.2) is 0 Å². The first-order valence-corrected chi connectivity index (χ1v) is 7.11. The van der Waals surface area contributed by atoms with Crippen LogP contribution < -0.4 is 0 Å². The molecule has 1 aliphatic carbocycles. The Morgan fingerprint density at radius 2 is 2.10 bits per heavy atom.